The highest BCUT2D eigenvalue weighted by Crippen LogP contribution is 2.33. The lowest BCUT2D eigenvalue weighted by Gasteiger charge is -2.03. The third kappa shape index (κ3) is 3.59. The molecule has 0 aliphatic heterocycles. The van der Waals surface area contributed by atoms with Crippen molar-refractivity contribution in [2.24, 2.45) is 5.92 Å². The van der Waals surface area contributed by atoms with Gasteiger partial charge in [-0.05, 0) is 29.2 Å². The van der Waals surface area contributed by atoms with E-state index in [0.29, 0.717) is 16.5 Å². The van der Waals surface area contributed by atoms with Crippen LogP contribution >= 0.6 is 11.3 Å². The molecule has 0 saturated heterocycles. The Morgan fingerprint density at radius 3 is 2.79 bits per heavy atom. The fourth-order valence-corrected chi connectivity index (χ4v) is 3.92. The number of hydrogen-bond acceptors (Lipinski definition) is 6. The first kappa shape index (κ1) is 18.1. The molecule has 0 fully saturated rings. The van der Waals surface area contributed by atoms with E-state index in [1.807, 2.05) is 42.5 Å². The number of nitrogens with one attached hydrogen (secondary N) is 1. The molecule has 8 heteroatoms. The molecule has 28 heavy (non-hydrogen) atoms. The number of anilines is 2. The van der Waals surface area contributed by atoms with Crippen molar-refractivity contribution in [3.05, 3.63) is 59.2 Å². The van der Waals surface area contributed by atoms with Gasteiger partial charge in [0.25, 0.3) is 12.1 Å². The zero-order valence-electron chi connectivity index (χ0n) is 15.5. The number of hydrogen-bond donors (Lipinski definition) is 2. The average Bonchev–Trinajstić information content (AvgIpc) is 3.26. The van der Waals surface area contributed by atoms with Gasteiger partial charge in [0.2, 0.25) is 11.0 Å². The molecule has 0 radical (unpaired) electrons. The van der Waals surface area contributed by atoms with Crippen LogP contribution in [0.15, 0.2) is 53.2 Å². The fourth-order valence-electron chi connectivity index (χ4n) is 2.91. The number of benzene rings is 1. The molecule has 1 aromatic carbocycles. The second kappa shape index (κ2) is 7.40. The number of rotatable bonds is 5. The highest BCUT2D eigenvalue weighted by Gasteiger charge is 2.21. The van der Waals surface area contributed by atoms with Gasteiger partial charge in [0.1, 0.15) is 9.71 Å². The third-order valence-electron chi connectivity index (χ3n) is 4.20. The number of para-hydroxylation sites is 1. The van der Waals surface area contributed by atoms with Crippen LogP contribution in [0.5, 0.6) is 0 Å². The van der Waals surface area contributed by atoms with Gasteiger partial charge in [0, 0.05) is 23.2 Å². The Morgan fingerprint density at radius 2 is 2.04 bits per heavy atom. The van der Waals surface area contributed by atoms with Crippen LogP contribution in [-0.2, 0) is 6.42 Å². The fraction of sp³-hybridized carbons (Fsp3) is 0.200. The Labute approximate surface area is 165 Å². The van der Waals surface area contributed by atoms with Crippen LogP contribution in [0.4, 0.5) is 11.6 Å². The Bertz CT molecular complexity index is 1130. The molecule has 142 valence electrons. The van der Waals surface area contributed by atoms with Crippen molar-refractivity contribution in [3.63, 3.8) is 0 Å². The number of fused-ring (bicyclic) bond motifs is 1. The quantitative estimate of drug-likeness (QED) is 0.504. The molecule has 0 aliphatic rings. The lowest BCUT2D eigenvalue weighted by molar-refractivity contribution is -0.670. The summed E-state index contributed by atoms with van der Waals surface area (Å²) < 4.78 is 6.76. The topological polar surface area (TPSA) is 97.9 Å². The minimum absolute atomic E-state index is 0.235. The summed E-state index contributed by atoms with van der Waals surface area (Å²) in [6.07, 6.45) is 2.49. The molecule has 7 nitrogen and oxygen atoms in total. The highest BCUT2D eigenvalue weighted by molar-refractivity contribution is 7.21. The van der Waals surface area contributed by atoms with Crippen LogP contribution in [0.2, 0.25) is 0 Å². The Kier molecular flexibility index (Phi) is 4.79. The minimum atomic E-state index is -0.345. The van der Waals surface area contributed by atoms with Crippen LogP contribution < -0.4 is 15.7 Å². The number of nitrogens with two attached hydrogens (primary N) is 1. The van der Waals surface area contributed by atoms with Crippen molar-refractivity contribution in [2.75, 3.05) is 11.1 Å². The molecule has 3 aromatic heterocycles. The normalized spacial score (nSPS) is 11.2. The molecule has 3 N–H and O–H groups in total. The highest BCUT2D eigenvalue weighted by atomic mass is 32.1. The van der Waals surface area contributed by atoms with Gasteiger partial charge in [-0.1, -0.05) is 32.0 Å². The van der Waals surface area contributed by atoms with Gasteiger partial charge >= 0.3 is 5.88 Å². The van der Waals surface area contributed by atoms with Gasteiger partial charge < -0.3 is 5.73 Å². The van der Waals surface area contributed by atoms with E-state index in [2.05, 4.69) is 29.4 Å². The summed E-state index contributed by atoms with van der Waals surface area (Å²) in [6.45, 7) is 4.29. The van der Waals surface area contributed by atoms with E-state index in [9.17, 15) is 4.79 Å². The maximum Gasteiger partial charge on any atom is 0.303 e. The van der Waals surface area contributed by atoms with E-state index in [-0.39, 0.29) is 11.8 Å². The maximum absolute atomic E-state index is 12.7. The van der Waals surface area contributed by atoms with Gasteiger partial charge in [-0.3, -0.25) is 14.6 Å². The molecular formula is C20H20N5O2S+. The Hall–Kier alpha value is -3.26. The molecule has 1 amide bonds. The summed E-state index contributed by atoms with van der Waals surface area (Å²) in [6, 6.07) is 13.4. The van der Waals surface area contributed by atoms with Crippen molar-refractivity contribution in [1.29, 1.82) is 0 Å². The van der Waals surface area contributed by atoms with Crippen molar-refractivity contribution in [3.8, 4) is 5.69 Å². The molecule has 4 rings (SSSR count). The Morgan fingerprint density at radius 1 is 1.25 bits per heavy atom. The van der Waals surface area contributed by atoms with Crippen molar-refractivity contribution >= 4 is 39.0 Å². The van der Waals surface area contributed by atoms with E-state index in [1.165, 1.54) is 11.3 Å². The number of amides is 1. The van der Waals surface area contributed by atoms with Gasteiger partial charge in [-0.2, -0.15) is 0 Å². The predicted molar refractivity (Wildman–Crippen MR) is 109 cm³/mol. The third-order valence-corrected chi connectivity index (χ3v) is 5.31. The summed E-state index contributed by atoms with van der Waals surface area (Å²) in [5, 5.41) is 7.43. The zero-order valence-corrected chi connectivity index (χ0v) is 16.4. The van der Waals surface area contributed by atoms with Gasteiger partial charge in [0.15, 0.2) is 0 Å². The maximum atomic E-state index is 12.7. The van der Waals surface area contributed by atoms with Crippen LogP contribution in [0.1, 0.15) is 29.2 Å². The molecule has 0 unspecified atom stereocenters. The summed E-state index contributed by atoms with van der Waals surface area (Å²) in [4.78, 5) is 18.5. The summed E-state index contributed by atoms with van der Waals surface area (Å²) in [5.41, 5.74) is 8.45. The SMILES string of the molecule is CC(C)Cc1ccc2c(N)c(C(=O)Nc3c[n+](-c4ccccc4)no3)sc2n1. The molecule has 3 heterocycles. The largest absolute Gasteiger partial charge is 0.397 e. The number of nitrogens with zero attached hydrogens (tertiary/aromatic N) is 3. The molecule has 0 aliphatic carbocycles. The first-order valence-corrected chi connectivity index (χ1v) is 9.76. The van der Waals surface area contributed by atoms with Crippen molar-refractivity contribution < 1.29 is 14.0 Å². The summed E-state index contributed by atoms with van der Waals surface area (Å²) in [5.74, 6) is 0.397. The van der Waals surface area contributed by atoms with Crippen molar-refractivity contribution in [2.45, 2.75) is 20.3 Å². The Balaban J connectivity index is 1.57. The van der Waals surface area contributed by atoms with Crippen molar-refractivity contribution in [1.82, 2.24) is 10.3 Å². The zero-order chi connectivity index (χ0) is 19.7. The lowest BCUT2D eigenvalue weighted by Crippen LogP contribution is -2.31. The molecule has 0 bridgehead atoms. The van der Waals surface area contributed by atoms with Crippen LogP contribution in [0.3, 0.4) is 0 Å². The standard InChI is InChI=1S/C20H19N5O2S/c1-12(2)10-13-8-9-15-17(21)18(28-20(15)22-13)19(26)23-16-11-25(24-27-16)14-6-4-3-5-7-14/h3-9,11-12H,10H2,1-2H3,(H2-,21,23,24,26)/p+1. The second-order valence-corrected chi connectivity index (χ2v) is 7.90. The number of nitrogen functional groups attached to an aromatic ring is 1. The van der Waals surface area contributed by atoms with Gasteiger partial charge in [-0.15, -0.1) is 11.3 Å². The van der Waals surface area contributed by atoms with E-state index < -0.39 is 0 Å². The molecular weight excluding hydrogens is 374 g/mol. The first-order valence-electron chi connectivity index (χ1n) is 8.94. The predicted octanol–water partition coefficient (Wildman–Crippen LogP) is 3.59. The molecule has 0 atom stereocenters. The van der Waals surface area contributed by atoms with Gasteiger partial charge in [-0.25, -0.2) is 4.98 Å². The van der Waals surface area contributed by atoms with E-state index in [0.717, 1.165) is 28.0 Å². The monoisotopic (exact) mass is 394 g/mol. The van der Waals surface area contributed by atoms with Crippen LogP contribution in [-0.4, -0.2) is 16.2 Å². The number of pyridine rings is 1. The van der Waals surface area contributed by atoms with E-state index in [4.69, 9.17) is 10.3 Å². The second-order valence-electron chi connectivity index (χ2n) is 6.90. The molecule has 0 saturated carbocycles. The van der Waals surface area contributed by atoms with Gasteiger partial charge in [0.05, 0.1) is 5.69 Å². The van der Waals surface area contributed by atoms with E-state index in [1.54, 1.807) is 10.9 Å². The lowest BCUT2D eigenvalue weighted by atomic mass is 10.1. The first-order chi connectivity index (χ1) is 13.5. The number of aromatic nitrogens is 3. The number of carbonyl (C=O) groups excluding carboxylic acids is 1. The minimum Gasteiger partial charge on any atom is -0.397 e. The molecule has 4 aromatic rings. The van der Waals surface area contributed by atoms with Crippen LogP contribution in [0, 0.1) is 5.92 Å². The summed E-state index contributed by atoms with van der Waals surface area (Å²) >= 11 is 1.28. The van der Waals surface area contributed by atoms with E-state index >= 15 is 0 Å². The summed E-state index contributed by atoms with van der Waals surface area (Å²) in [7, 11) is 0. The number of carbonyl (C=O) groups is 1. The van der Waals surface area contributed by atoms with Crippen LogP contribution in [0.25, 0.3) is 15.9 Å². The molecule has 0 spiro atoms. The average molecular weight is 394 g/mol. The smallest absolute Gasteiger partial charge is 0.303 e. The number of thiophene rings is 1.